The molecule has 1 unspecified atom stereocenters. The quantitative estimate of drug-likeness (QED) is 0.773. The first-order valence-electron chi connectivity index (χ1n) is 5.45. The maximum absolute atomic E-state index is 4.18. The highest BCUT2D eigenvalue weighted by Crippen LogP contribution is 2.12. The summed E-state index contributed by atoms with van der Waals surface area (Å²) in [7, 11) is 0. The number of pyridine rings is 1. The van der Waals surface area contributed by atoms with Crippen LogP contribution in [0.5, 0.6) is 0 Å². The standard InChI is InChI=1S/C12H20N2/c1-4-6-11(5-2)14-12-7-8-13-10(3)9-12/h7-9,11H,4-6H2,1-3H3,(H,13,14). The minimum atomic E-state index is 0.599. The van der Waals surface area contributed by atoms with E-state index in [-0.39, 0.29) is 0 Å². The number of aryl methyl sites for hydroxylation is 1. The van der Waals surface area contributed by atoms with Crippen LogP contribution in [0.2, 0.25) is 0 Å². The molecule has 2 heteroatoms. The SMILES string of the molecule is CCCC(CC)Nc1ccnc(C)c1. The van der Waals surface area contributed by atoms with Crippen molar-refractivity contribution in [3.63, 3.8) is 0 Å². The summed E-state index contributed by atoms with van der Waals surface area (Å²) in [6.45, 7) is 6.47. The second kappa shape index (κ2) is 5.63. The molecule has 1 aromatic heterocycles. The van der Waals surface area contributed by atoms with Gasteiger partial charge in [-0.15, -0.1) is 0 Å². The van der Waals surface area contributed by atoms with Crippen LogP contribution in [0.4, 0.5) is 5.69 Å². The molecule has 0 saturated heterocycles. The summed E-state index contributed by atoms with van der Waals surface area (Å²) in [6, 6.07) is 4.73. The van der Waals surface area contributed by atoms with E-state index in [1.807, 2.05) is 19.2 Å². The molecule has 0 radical (unpaired) electrons. The van der Waals surface area contributed by atoms with Gasteiger partial charge >= 0.3 is 0 Å². The molecule has 1 N–H and O–H groups in total. The summed E-state index contributed by atoms with van der Waals surface area (Å²) in [6.07, 6.45) is 5.50. The average molecular weight is 192 g/mol. The minimum absolute atomic E-state index is 0.599. The minimum Gasteiger partial charge on any atom is -0.382 e. The molecular weight excluding hydrogens is 172 g/mol. The molecule has 0 fully saturated rings. The van der Waals surface area contributed by atoms with Crippen molar-refractivity contribution in [1.29, 1.82) is 0 Å². The largest absolute Gasteiger partial charge is 0.382 e. The summed E-state index contributed by atoms with van der Waals surface area (Å²) in [5, 5.41) is 3.53. The fraction of sp³-hybridized carbons (Fsp3) is 0.583. The van der Waals surface area contributed by atoms with E-state index < -0.39 is 0 Å². The van der Waals surface area contributed by atoms with Gasteiger partial charge in [-0.3, -0.25) is 4.98 Å². The zero-order chi connectivity index (χ0) is 10.4. The Morgan fingerprint density at radius 1 is 1.43 bits per heavy atom. The molecule has 0 bridgehead atoms. The topological polar surface area (TPSA) is 24.9 Å². The number of nitrogens with one attached hydrogen (secondary N) is 1. The van der Waals surface area contributed by atoms with E-state index in [0.717, 1.165) is 5.69 Å². The van der Waals surface area contributed by atoms with Gasteiger partial charge in [0.15, 0.2) is 0 Å². The second-order valence-corrected chi connectivity index (χ2v) is 3.72. The van der Waals surface area contributed by atoms with Crippen LogP contribution in [-0.4, -0.2) is 11.0 Å². The summed E-state index contributed by atoms with van der Waals surface area (Å²) < 4.78 is 0. The number of hydrogen-bond donors (Lipinski definition) is 1. The smallest absolute Gasteiger partial charge is 0.0393 e. The molecule has 14 heavy (non-hydrogen) atoms. The van der Waals surface area contributed by atoms with Crippen molar-refractivity contribution in [2.45, 2.75) is 46.1 Å². The second-order valence-electron chi connectivity index (χ2n) is 3.72. The first-order valence-corrected chi connectivity index (χ1v) is 5.45. The van der Waals surface area contributed by atoms with E-state index in [0.29, 0.717) is 6.04 Å². The van der Waals surface area contributed by atoms with E-state index in [9.17, 15) is 0 Å². The van der Waals surface area contributed by atoms with Gasteiger partial charge in [0.1, 0.15) is 0 Å². The predicted octanol–water partition coefficient (Wildman–Crippen LogP) is 3.38. The zero-order valence-electron chi connectivity index (χ0n) is 9.38. The van der Waals surface area contributed by atoms with Gasteiger partial charge in [-0.25, -0.2) is 0 Å². The fourth-order valence-corrected chi connectivity index (χ4v) is 1.60. The molecular formula is C12H20N2. The highest BCUT2D eigenvalue weighted by Gasteiger charge is 2.04. The molecule has 0 amide bonds. The van der Waals surface area contributed by atoms with Gasteiger partial charge < -0.3 is 5.32 Å². The maximum atomic E-state index is 4.18. The Labute approximate surface area is 86.8 Å². The predicted molar refractivity (Wildman–Crippen MR) is 61.6 cm³/mol. The van der Waals surface area contributed by atoms with E-state index in [1.165, 1.54) is 24.9 Å². The van der Waals surface area contributed by atoms with E-state index in [2.05, 4.69) is 30.2 Å². The molecule has 0 aliphatic rings. The normalized spacial score (nSPS) is 12.5. The van der Waals surface area contributed by atoms with Crippen LogP contribution < -0.4 is 5.32 Å². The Hall–Kier alpha value is -1.05. The van der Waals surface area contributed by atoms with Gasteiger partial charge in [0, 0.05) is 23.6 Å². The lowest BCUT2D eigenvalue weighted by Crippen LogP contribution is -2.17. The van der Waals surface area contributed by atoms with Crippen molar-refractivity contribution < 1.29 is 0 Å². The van der Waals surface area contributed by atoms with Gasteiger partial charge in [-0.2, -0.15) is 0 Å². The molecule has 0 aliphatic carbocycles. The summed E-state index contributed by atoms with van der Waals surface area (Å²) in [4.78, 5) is 4.18. The fourth-order valence-electron chi connectivity index (χ4n) is 1.60. The number of rotatable bonds is 5. The van der Waals surface area contributed by atoms with Gasteiger partial charge in [0.2, 0.25) is 0 Å². The van der Waals surface area contributed by atoms with Gasteiger partial charge in [0.25, 0.3) is 0 Å². The highest BCUT2D eigenvalue weighted by atomic mass is 14.9. The van der Waals surface area contributed by atoms with Crippen LogP contribution in [0.15, 0.2) is 18.3 Å². The van der Waals surface area contributed by atoms with E-state index in [4.69, 9.17) is 0 Å². The van der Waals surface area contributed by atoms with E-state index >= 15 is 0 Å². The summed E-state index contributed by atoms with van der Waals surface area (Å²) >= 11 is 0. The van der Waals surface area contributed by atoms with Crippen LogP contribution in [0.25, 0.3) is 0 Å². The Bertz CT molecular complexity index is 271. The van der Waals surface area contributed by atoms with Crippen molar-refractivity contribution in [3.8, 4) is 0 Å². The monoisotopic (exact) mass is 192 g/mol. The number of aromatic nitrogens is 1. The number of anilines is 1. The van der Waals surface area contributed by atoms with Gasteiger partial charge in [-0.05, 0) is 31.9 Å². The number of nitrogens with zero attached hydrogens (tertiary/aromatic N) is 1. The third-order valence-corrected chi connectivity index (χ3v) is 2.40. The lowest BCUT2D eigenvalue weighted by Gasteiger charge is -2.17. The Kier molecular flexibility index (Phi) is 4.44. The lowest BCUT2D eigenvalue weighted by atomic mass is 10.1. The molecule has 0 aliphatic heterocycles. The highest BCUT2D eigenvalue weighted by molar-refractivity contribution is 5.43. The van der Waals surface area contributed by atoms with Crippen LogP contribution in [0, 0.1) is 6.92 Å². The van der Waals surface area contributed by atoms with Crippen molar-refractivity contribution in [1.82, 2.24) is 4.98 Å². The van der Waals surface area contributed by atoms with E-state index in [1.54, 1.807) is 0 Å². The molecule has 0 saturated carbocycles. The van der Waals surface area contributed by atoms with Gasteiger partial charge in [-0.1, -0.05) is 20.3 Å². The molecule has 1 aromatic rings. The third-order valence-electron chi connectivity index (χ3n) is 2.40. The first kappa shape index (κ1) is 11.0. The summed E-state index contributed by atoms with van der Waals surface area (Å²) in [5.74, 6) is 0. The Balaban J connectivity index is 2.57. The molecule has 0 spiro atoms. The van der Waals surface area contributed by atoms with Crippen molar-refractivity contribution in [2.75, 3.05) is 5.32 Å². The van der Waals surface area contributed by atoms with Crippen LogP contribution >= 0.6 is 0 Å². The van der Waals surface area contributed by atoms with Crippen LogP contribution in [0.1, 0.15) is 38.8 Å². The van der Waals surface area contributed by atoms with Crippen LogP contribution in [-0.2, 0) is 0 Å². The third kappa shape index (κ3) is 3.36. The molecule has 78 valence electrons. The van der Waals surface area contributed by atoms with Gasteiger partial charge in [0.05, 0.1) is 0 Å². The summed E-state index contributed by atoms with van der Waals surface area (Å²) in [5.41, 5.74) is 2.26. The first-order chi connectivity index (χ1) is 6.76. The molecule has 1 atom stereocenters. The number of hydrogen-bond acceptors (Lipinski definition) is 2. The van der Waals surface area contributed by atoms with Crippen molar-refractivity contribution in [2.24, 2.45) is 0 Å². The van der Waals surface area contributed by atoms with Crippen molar-refractivity contribution in [3.05, 3.63) is 24.0 Å². The molecule has 1 rings (SSSR count). The molecule has 2 nitrogen and oxygen atoms in total. The lowest BCUT2D eigenvalue weighted by molar-refractivity contribution is 0.622. The zero-order valence-corrected chi connectivity index (χ0v) is 9.38. The molecule has 1 heterocycles. The maximum Gasteiger partial charge on any atom is 0.0393 e. The van der Waals surface area contributed by atoms with Crippen LogP contribution in [0.3, 0.4) is 0 Å². The van der Waals surface area contributed by atoms with Crippen molar-refractivity contribution >= 4 is 5.69 Å². The Morgan fingerprint density at radius 2 is 2.21 bits per heavy atom. The average Bonchev–Trinajstić information content (AvgIpc) is 2.17. The Morgan fingerprint density at radius 3 is 2.79 bits per heavy atom. The molecule has 0 aromatic carbocycles.